The van der Waals surface area contributed by atoms with Gasteiger partial charge < -0.3 is 29.8 Å². The molecule has 2 aromatic heterocycles. The third-order valence-electron chi connectivity index (χ3n) is 6.23. The number of likely N-dealkylation sites (N-methyl/N-ethyl adjacent to an activating group) is 1. The molecule has 0 saturated heterocycles. The van der Waals surface area contributed by atoms with Crippen LogP contribution in [0.4, 0.5) is 19.3 Å². The van der Waals surface area contributed by atoms with Gasteiger partial charge in [0.2, 0.25) is 11.8 Å². The molecule has 0 bridgehead atoms. The second-order valence-electron chi connectivity index (χ2n) is 11.2. The molecule has 1 aromatic carbocycles. The van der Waals surface area contributed by atoms with E-state index in [1.54, 1.807) is 26.2 Å². The number of hydrogen-bond donors (Lipinski definition) is 3. The number of rotatable bonds is 10. The molecule has 226 valence electrons. The quantitative estimate of drug-likeness (QED) is 0.310. The van der Waals surface area contributed by atoms with Crippen LogP contribution in [0.2, 0.25) is 0 Å². The summed E-state index contributed by atoms with van der Waals surface area (Å²) in [5, 5.41) is 4.97. The van der Waals surface area contributed by atoms with Gasteiger partial charge in [-0.2, -0.15) is 0 Å². The van der Waals surface area contributed by atoms with E-state index in [4.69, 9.17) is 0 Å². The van der Waals surface area contributed by atoms with Crippen LogP contribution in [0.5, 0.6) is 0 Å². The Bertz CT molecular complexity index is 1550. The van der Waals surface area contributed by atoms with Crippen molar-refractivity contribution in [3.8, 4) is 0 Å². The fourth-order valence-corrected chi connectivity index (χ4v) is 4.18. The number of methoxy groups -OCH3 is 1. The number of nitrogens with one attached hydrogen (secondary N) is 3. The van der Waals surface area contributed by atoms with Gasteiger partial charge in [-0.05, 0) is 42.9 Å². The molecule has 1 unspecified atom stereocenters. The highest BCUT2D eigenvalue weighted by molar-refractivity contribution is 5.96. The molecule has 3 amide bonds. The number of ether oxygens (including phenoxy) is 1. The summed E-state index contributed by atoms with van der Waals surface area (Å²) in [4.78, 5) is 58.6. The number of fused-ring (bicyclic) bond motifs is 1. The number of aromatic nitrogens is 3. The number of anilines is 1. The lowest BCUT2D eigenvalue weighted by molar-refractivity contribution is -0.123. The number of pyridine rings is 1. The van der Waals surface area contributed by atoms with Crippen molar-refractivity contribution >= 4 is 34.6 Å². The molecule has 2 heterocycles. The predicted octanol–water partition coefficient (Wildman–Crippen LogP) is 3.73. The Morgan fingerprint density at radius 3 is 2.60 bits per heavy atom. The van der Waals surface area contributed by atoms with Gasteiger partial charge in [0.05, 0.1) is 24.7 Å². The predicted molar refractivity (Wildman–Crippen MR) is 154 cm³/mol. The summed E-state index contributed by atoms with van der Waals surface area (Å²) in [6, 6.07) is 2.92. The van der Waals surface area contributed by atoms with Gasteiger partial charge in [0, 0.05) is 31.9 Å². The highest BCUT2D eigenvalue weighted by atomic mass is 19.2. The second-order valence-corrected chi connectivity index (χ2v) is 11.2. The molecule has 42 heavy (non-hydrogen) atoms. The summed E-state index contributed by atoms with van der Waals surface area (Å²) in [6.45, 7) is 5.66. The topological polar surface area (TPSA) is 138 Å². The SMILES string of the molecule is COC(=O)NC(CC/C=C/C(=O)N(C)C)C(=O)Nc1cccn(Cc2nc3c(CC(C)(C)C)c(F)c(F)cc3[nH]2)c1=O. The highest BCUT2D eigenvalue weighted by Crippen LogP contribution is 2.29. The minimum Gasteiger partial charge on any atom is -0.453 e. The Kier molecular flexibility index (Phi) is 10.2. The normalized spacial score (nSPS) is 12.4. The van der Waals surface area contributed by atoms with Crippen LogP contribution in [-0.4, -0.2) is 64.6 Å². The van der Waals surface area contributed by atoms with E-state index in [-0.39, 0.29) is 53.9 Å². The van der Waals surface area contributed by atoms with Crippen molar-refractivity contribution in [2.24, 2.45) is 5.41 Å². The summed E-state index contributed by atoms with van der Waals surface area (Å²) in [5.41, 5.74) is -0.206. The Morgan fingerprint density at radius 1 is 1.24 bits per heavy atom. The van der Waals surface area contributed by atoms with Crippen LogP contribution in [0.3, 0.4) is 0 Å². The lowest BCUT2D eigenvalue weighted by atomic mass is 9.87. The first-order valence-electron chi connectivity index (χ1n) is 13.3. The van der Waals surface area contributed by atoms with Gasteiger partial charge in [-0.25, -0.2) is 18.6 Å². The molecule has 0 radical (unpaired) electrons. The number of carbonyl (C=O) groups excluding carboxylic acids is 3. The number of aromatic amines is 1. The molecule has 3 N–H and O–H groups in total. The van der Waals surface area contributed by atoms with Crippen LogP contribution >= 0.6 is 0 Å². The standard InChI is InChI=1S/C29H36F2N6O5/c1-29(2,3)15-17-24(31)18(30)14-21-25(17)35-22(32-21)16-37-13-9-11-20(27(37)40)33-26(39)19(34-28(41)42-6)10-7-8-12-23(38)36(4)5/h8-9,11-14,19H,7,10,15-16H2,1-6H3,(H,32,35)(H,33,39)(H,34,41)/b12-8+. The number of benzene rings is 1. The average molecular weight is 587 g/mol. The molecule has 0 aliphatic rings. The van der Waals surface area contributed by atoms with Gasteiger partial charge in [0.1, 0.15) is 17.6 Å². The maximum atomic E-state index is 14.7. The van der Waals surface area contributed by atoms with E-state index in [0.29, 0.717) is 11.3 Å². The van der Waals surface area contributed by atoms with Crippen molar-refractivity contribution in [3.05, 3.63) is 69.9 Å². The van der Waals surface area contributed by atoms with Gasteiger partial charge in [-0.1, -0.05) is 26.8 Å². The number of hydrogen-bond acceptors (Lipinski definition) is 6. The van der Waals surface area contributed by atoms with Crippen molar-refractivity contribution in [1.82, 2.24) is 24.8 Å². The fraction of sp³-hybridized carbons (Fsp3) is 0.414. The zero-order chi connectivity index (χ0) is 31.2. The second kappa shape index (κ2) is 13.4. The molecule has 0 fully saturated rings. The lowest BCUT2D eigenvalue weighted by Gasteiger charge is -2.18. The van der Waals surface area contributed by atoms with Gasteiger partial charge in [-0.15, -0.1) is 0 Å². The Morgan fingerprint density at radius 2 is 1.95 bits per heavy atom. The van der Waals surface area contributed by atoms with E-state index in [9.17, 15) is 28.0 Å². The fourth-order valence-electron chi connectivity index (χ4n) is 4.18. The first-order chi connectivity index (χ1) is 19.7. The van der Waals surface area contributed by atoms with E-state index in [0.717, 1.165) is 13.2 Å². The molecule has 0 aliphatic carbocycles. The highest BCUT2D eigenvalue weighted by Gasteiger charge is 2.24. The number of nitrogens with zero attached hydrogens (tertiary/aromatic N) is 3. The zero-order valence-corrected chi connectivity index (χ0v) is 24.5. The third kappa shape index (κ3) is 8.24. The smallest absolute Gasteiger partial charge is 0.407 e. The van der Waals surface area contributed by atoms with Gasteiger partial charge >= 0.3 is 6.09 Å². The van der Waals surface area contributed by atoms with Gasteiger partial charge in [-0.3, -0.25) is 14.4 Å². The number of carbonyl (C=O) groups is 3. The first kappa shape index (κ1) is 32.0. The van der Waals surface area contributed by atoms with Crippen LogP contribution in [0.15, 0.2) is 41.3 Å². The van der Waals surface area contributed by atoms with Crippen LogP contribution in [0, 0.1) is 17.0 Å². The molecule has 11 nitrogen and oxygen atoms in total. The lowest BCUT2D eigenvalue weighted by Crippen LogP contribution is -2.44. The minimum atomic E-state index is -1.06. The van der Waals surface area contributed by atoms with E-state index in [1.165, 1.54) is 27.8 Å². The number of amides is 3. The Labute approximate surface area is 241 Å². The number of alkyl carbamates (subject to hydrolysis) is 1. The van der Waals surface area contributed by atoms with Crippen LogP contribution < -0.4 is 16.2 Å². The number of H-pyrrole nitrogens is 1. The van der Waals surface area contributed by atoms with Crippen LogP contribution in [0.1, 0.15) is 45.0 Å². The minimum absolute atomic E-state index is 0.0564. The maximum Gasteiger partial charge on any atom is 0.407 e. The van der Waals surface area contributed by atoms with Crippen molar-refractivity contribution in [2.45, 2.75) is 52.6 Å². The summed E-state index contributed by atoms with van der Waals surface area (Å²) in [6.07, 6.45) is 4.25. The van der Waals surface area contributed by atoms with E-state index >= 15 is 0 Å². The molecule has 0 aliphatic heterocycles. The molecule has 0 saturated carbocycles. The van der Waals surface area contributed by atoms with Crippen molar-refractivity contribution < 1.29 is 27.9 Å². The van der Waals surface area contributed by atoms with Crippen molar-refractivity contribution in [3.63, 3.8) is 0 Å². The Hall–Kier alpha value is -4.55. The maximum absolute atomic E-state index is 14.7. The van der Waals surface area contributed by atoms with Crippen molar-refractivity contribution in [2.75, 3.05) is 26.5 Å². The number of imidazole rings is 1. The van der Waals surface area contributed by atoms with Crippen molar-refractivity contribution in [1.29, 1.82) is 0 Å². The van der Waals surface area contributed by atoms with E-state index in [2.05, 4.69) is 25.3 Å². The largest absolute Gasteiger partial charge is 0.453 e. The molecular formula is C29H36F2N6O5. The first-order valence-corrected chi connectivity index (χ1v) is 13.3. The zero-order valence-electron chi connectivity index (χ0n) is 24.5. The van der Waals surface area contributed by atoms with Crippen LogP contribution in [0.25, 0.3) is 11.0 Å². The molecule has 3 rings (SSSR count). The molecular weight excluding hydrogens is 550 g/mol. The molecule has 13 heteroatoms. The molecule has 0 spiro atoms. The average Bonchev–Trinajstić information content (AvgIpc) is 3.31. The summed E-state index contributed by atoms with van der Waals surface area (Å²) < 4.78 is 34.9. The van der Waals surface area contributed by atoms with Gasteiger partial charge in [0.15, 0.2) is 11.6 Å². The number of halogens is 2. The van der Waals surface area contributed by atoms with E-state index < -0.39 is 35.2 Å². The summed E-state index contributed by atoms with van der Waals surface area (Å²) >= 11 is 0. The van der Waals surface area contributed by atoms with E-state index in [1.807, 2.05) is 20.8 Å². The van der Waals surface area contributed by atoms with Crippen LogP contribution in [-0.2, 0) is 27.3 Å². The summed E-state index contributed by atoms with van der Waals surface area (Å²) in [7, 11) is 4.36. The molecule has 1 atom stereocenters. The Balaban J connectivity index is 1.82. The third-order valence-corrected chi connectivity index (χ3v) is 6.23. The number of allylic oxidation sites excluding steroid dienone is 1. The summed E-state index contributed by atoms with van der Waals surface area (Å²) in [5.74, 6) is -2.54. The monoisotopic (exact) mass is 586 g/mol. The van der Waals surface area contributed by atoms with Gasteiger partial charge in [0.25, 0.3) is 5.56 Å². The molecule has 3 aromatic rings.